The quantitative estimate of drug-likeness (QED) is 0.738. The number of aromatic nitrogens is 4. The number of imidazole rings is 1. The Morgan fingerprint density at radius 3 is 3.27 bits per heavy atom. The second-order valence-corrected chi connectivity index (χ2v) is 2.86. The van der Waals surface area contributed by atoms with Gasteiger partial charge in [-0.2, -0.15) is 0 Å². The van der Waals surface area contributed by atoms with Gasteiger partial charge in [0.2, 0.25) is 0 Å². The lowest BCUT2D eigenvalue weighted by Gasteiger charge is -2.01. The fourth-order valence-corrected chi connectivity index (χ4v) is 1.22. The molecule has 0 fully saturated rings. The molecule has 0 amide bonds. The van der Waals surface area contributed by atoms with Crippen LogP contribution in [0.5, 0.6) is 0 Å². The van der Waals surface area contributed by atoms with Gasteiger partial charge in [-0.15, -0.1) is 5.73 Å². The van der Waals surface area contributed by atoms with E-state index in [2.05, 4.69) is 31.0 Å². The number of H-pyrrole nitrogens is 1. The third kappa shape index (κ3) is 2.03. The lowest BCUT2D eigenvalue weighted by molar-refractivity contribution is 1.17. The largest absolute Gasteiger partial charge is 0.364 e. The summed E-state index contributed by atoms with van der Waals surface area (Å²) in [6.07, 6.45) is 6.84. The minimum atomic E-state index is 0.669. The van der Waals surface area contributed by atoms with E-state index in [9.17, 15) is 0 Å². The summed E-state index contributed by atoms with van der Waals surface area (Å²) in [6.45, 7) is 2.60. The van der Waals surface area contributed by atoms with Crippen molar-refractivity contribution in [1.82, 2.24) is 19.9 Å². The van der Waals surface area contributed by atoms with Crippen LogP contribution in [0.25, 0.3) is 11.2 Å². The van der Waals surface area contributed by atoms with Gasteiger partial charge in [0.25, 0.3) is 0 Å². The minimum absolute atomic E-state index is 0.669. The smallest absolute Gasteiger partial charge is 0.182 e. The molecule has 0 spiro atoms. The van der Waals surface area contributed by atoms with Gasteiger partial charge >= 0.3 is 0 Å². The standard InChI is InChI=1S/C10H11N5/c1-2-3-4-5-11-9-8-10(13-6-12-8)15-7-14-9/h2,4,6-7H,5H2,1H3,(H2,11,12,13,14,15). The summed E-state index contributed by atoms with van der Waals surface area (Å²) in [6, 6.07) is 0. The molecule has 0 saturated carbocycles. The van der Waals surface area contributed by atoms with Crippen LogP contribution in [0.15, 0.2) is 30.5 Å². The number of hydrogen-bond acceptors (Lipinski definition) is 4. The third-order valence-electron chi connectivity index (χ3n) is 1.88. The summed E-state index contributed by atoms with van der Waals surface area (Å²) in [5, 5.41) is 3.15. The summed E-state index contributed by atoms with van der Waals surface area (Å²) in [5.41, 5.74) is 4.47. The highest BCUT2D eigenvalue weighted by Gasteiger charge is 2.03. The molecule has 0 aliphatic carbocycles. The Hall–Kier alpha value is -2.13. The molecule has 5 heteroatoms. The molecule has 2 rings (SSSR count). The molecule has 2 aromatic heterocycles. The number of rotatable bonds is 3. The molecule has 0 aliphatic rings. The number of anilines is 1. The summed E-state index contributed by atoms with van der Waals surface area (Å²) in [7, 11) is 0. The molecule has 0 atom stereocenters. The molecule has 15 heavy (non-hydrogen) atoms. The molecule has 0 unspecified atom stereocenters. The van der Waals surface area contributed by atoms with Gasteiger partial charge in [0.05, 0.1) is 6.33 Å². The van der Waals surface area contributed by atoms with Gasteiger partial charge in [0.1, 0.15) is 11.8 Å². The van der Waals surface area contributed by atoms with Crippen LogP contribution < -0.4 is 5.32 Å². The van der Waals surface area contributed by atoms with Gasteiger partial charge in [0, 0.05) is 6.54 Å². The van der Waals surface area contributed by atoms with Crippen molar-refractivity contribution in [2.45, 2.75) is 6.92 Å². The average Bonchev–Trinajstić information content (AvgIpc) is 2.73. The molecule has 0 radical (unpaired) electrons. The van der Waals surface area contributed by atoms with Crippen LogP contribution in [-0.4, -0.2) is 26.5 Å². The topological polar surface area (TPSA) is 66.5 Å². The predicted molar refractivity (Wildman–Crippen MR) is 58.5 cm³/mol. The lowest BCUT2D eigenvalue weighted by Crippen LogP contribution is -2.01. The van der Waals surface area contributed by atoms with Crippen molar-refractivity contribution in [3.8, 4) is 0 Å². The van der Waals surface area contributed by atoms with Crippen molar-refractivity contribution in [3.63, 3.8) is 0 Å². The molecule has 2 heterocycles. The van der Waals surface area contributed by atoms with E-state index in [1.54, 1.807) is 6.33 Å². The van der Waals surface area contributed by atoms with Gasteiger partial charge in [-0.05, 0) is 19.1 Å². The van der Waals surface area contributed by atoms with E-state index >= 15 is 0 Å². The van der Waals surface area contributed by atoms with Crippen molar-refractivity contribution < 1.29 is 0 Å². The molecule has 2 N–H and O–H groups in total. The first kappa shape index (κ1) is 9.43. The van der Waals surface area contributed by atoms with E-state index in [0.29, 0.717) is 12.2 Å². The second-order valence-electron chi connectivity index (χ2n) is 2.86. The summed E-state index contributed by atoms with van der Waals surface area (Å²) in [4.78, 5) is 15.2. The number of aromatic amines is 1. The van der Waals surface area contributed by atoms with E-state index < -0.39 is 0 Å². The highest BCUT2D eigenvalue weighted by molar-refractivity contribution is 5.81. The van der Waals surface area contributed by atoms with Gasteiger partial charge in [-0.1, -0.05) is 0 Å². The van der Waals surface area contributed by atoms with Crippen LogP contribution in [0.2, 0.25) is 0 Å². The van der Waals surface area contributed by atoms with Crippen LogP contribution in [0.1, 0.15) is 6.92 Å². The molecule has 5 nitrogen and oxygen atoms in total. The normalized spacial score (nSPS) is 9.67. The van der Waals surface area contributed by atoms with Crippen LogP contribution >= 0.6 is 0 Å². The van der Waals surface area contributed by atoms with Gasteiger partial charge in [-0.3, -0.25) is 0 Å². The molecule has 0 bridgehead atoms. The molecular formula is C10H11N5. The van der Waals surface area contributed by atoms with Crippen molar-refractivity contribution in [2.24, 2.45) is 0 Å². The lowest BCUT2D eigenvalue weighted by atomic mass is 10.4. The summed E-state index contributed by atoms with van der Waals surface area (Å²) >= 11 is 0. The van der Waals surface area contributed by atoms with Crippen LogP contribution in [0, 0.1) is 0 Å². The Labute approximate surface area is 87.0 Å². The molecule has 0 aliphatic heterocycles. The SMILES string of the molecule is CC=C=CCNc1ncnc2nc[nH]c12. The van der Waals surface area contributed by atoms with E-state index in [4.69, 9.17) is 0 Å². The summed E-state index contributed by atoms with van der Waals surface area (Å²) < 4.78 is 0. The summed E-state index contributed by atoms with van der Waals surface area (Å²) in [5.74, 6) is 0.756. The van der Waals surface area contributed by atoms with Crippen molar-refractivity contribution in [3.05, 3.63) is 30.5 Å². The fourth-order valence-electron chi connectivity index (χ4n) is 1.22. The molecule has 0 aromatic carbocycles. The second kappa shape index (κ2) is 4.39. The molecule has 0 saturated heterocycles. The van der Waals surface area contributed by atoms with Gasteiger partial charge < -0.3 is 10.3 Å². The number of nitrogens with zero attached hydrogens (tertiary/aromatic N) is 3. The van der Waals surface area contributed by atoms with E-state index in [0.717, 1.165) is 11.3 Å². The first-order chi connectivity index (χ1) is 7.42. The van der Waals surface area contributed by atoms with E-state index in [1.165, 1.54) is 6.33 Å². The average molecular weight is 201 g/mol. The van der Waals surface area contributed by atoms with Crippen molar-refractivity contribution >= 4 is 17.0 Å². The number of fused-ring (bicyclic) bond motifs is 1. The fraction of sp³-hybridized carbons (Fsp3) is 0.200. The molecule has 2 aromatic rings. The Morgan fingerprint density at radius 1 is 1.47 bits per heavy atom. The monoisotopic (exact) mass is 201 g/mol. The maximum atomic E-state index is 4.13. The van der Waals surface area contributed by atoms with Crippen LogP contribution in [0.4, 0.5) is 5.82 Å². The zero-order chi connectivity index (χ0) is 10.5. The van der Waals surface area contributed by atoms with Crippen LogP contribution in [0.3, 0.4) is 0 Å². The first-order valence-corrected chi connectivity index (χ1v) is 4.65. The highest BCUT2D eigenvalue weighted by Crippen LogP contribution is 2.13. The molecular weight excluding hydrogens is 190 g/mol. The Kier molecular flexibility index (Phi) is 2.76. The maximum absolute atomic E-state index is 4.13. The van der Waals surface area contributed by atoms with E-state index in [1.807, 2.05) is 19.1 Å². The predicted octanol–water partition coefficient (Wildman–Crippen LogP) is 1.50. The van der Waals surface area contributed by atoms with E-state index in [-0.39, 0.29) is 0 Å². The third-order valence-corrected chi connectivity index (χ3v) is 1.88. The molecule has 76 valence electrons. The number of nitrogens with one attached hydrogen (secondary N) is 2. The van der Waals surface area contributed by atoms with Gasteiger partial charge in [0.15, 0.2) is 11.5 Å². The maximum Gasteiger partial charge on any atom is 0.182 e. The van der Waals surface area contributed by atoms with Crippen LogP contribution in [-0.2, 0) is 0 Å². The highest BCUT2D eigenvalue weighted by atomic mass is 15.1. The number of hydrogen-bond donors (Lipinski definition) is 2. The van der Waals surface area contributed by atoms with Crippen molar-refractivity contribution in [1.29, 1.82) is 0 Å². The van der Waals surface area contributed by atoms with Crippen molar-refractivity contribution in [2.75, 3.05) is 11.9 Å². The Balaban J connectivity index is 2.20. The Morgan fingerprint density at radius 2 is 2.40 bits per heavy atom. The Bertz CT molecular complexity index is 507. The minimum Gasteiger partial charge on any atom is -0.364 e. The van der Waals surface area contributed by atoms with Gasteiger partial charge in [-0.25, -0.2) is 15.0 Å². The zero-order valence-corrected chi connectivity index (χ0v) is 8.36. The first-order valence-electron chi connectivity index (χ1n) is 4.65. The zero-order valence-electron chi connectivity index (χ0n) is 8.36.